The van der Waals surface area contributed by atoms with Gasteiger partial charge >= 0.3 is 0 Å². The van der Waals surface area contributed by atoms with Gasteiger partial charge in [-0.15, -0.1) is 0 Å². The molecule has 0 heterocycles. The van der Waals surface area contributed by atoms with Crippen LogP contribution in [0, 0.1) is 0 Å². The van der Waals surface area contributed by atoms with Gasteiger partial charge in [0, 0.05) is 13.1 Å². The molecule has 0 atom stereocenters. The van der Waals surface area contributed by atoms with E-state index in [1.807, 2.05) is 26.0 Å². The van der Waals surface area contributed by atoms with E-state index in [9.17, 15) is 4.79 Å². The molecule has 1 aromatic rings. The standard InChI is InChI=1S/C13H18N2O2S/c1-3-15(4-2)12(16)9-17-11-8-6-5-7-10(11)13(14)18/h5-8H,3-4,9H2,1-2H3,(H2,14,18). The smallest absolute Gasteiger partial charge is 0.260 e. The predicted octanol–water partition coefficient (Wildman–Crippen LogP) is 1.57. The summed E-state index contributed by atoms with van der Waals surface area (Å²) < 4.78 is 5.49. The number of benzene rings is 1. The number of carbonyl (C=O) groups excluding carboxylic acids is 1. The van der Waals surface area contributed by atoms with Gasteiger partial charge in [-0.25, -0.2) is 0 Å². The van der Waals surface area contributed by atoms with E-state index in [0.29, 0.717) is 24.4 Å². The summed E-state index contributed by atoms with van der Waals surface area (Å²) in [5.41, 5.74) is 6.24. The van der Waals surface area contributed by atoms with Crippen LogP contribution in [0.3, 0.4) is 0 Å². The number of amides is 1. The molecule has 0 radical (unpaired) electrons. The van der Waals surface area contributed by atoms with Gasteiger partial charge in [0.15, 0.2) is 6.61 Å². The Morgan fingerprint density at radius 1 is 1.33 bits per heavy atom. The van der Waals surface area contributed by atoms with Gasteiger partial charge in [-0.05, 0) is 26.0 Å². The molecule has 0 aliphatic rings. The lowest BCUT2D eigenvalue weighted by Gasteiger charge is -2.19. The number of nitrogens with two attached hydrogens (primary N) is 1. The Labute approximate surface area is 113 Å². The zero-order valence-corrected chi connectivity index (χ0v) is 11.5. The van der Waals surface area contributed by atoms with Gasteiger partial charge in [-0.3, -0.25) is 4.79 Å². The first-order valence-corrected chi connectivity index (χ1v) is 6.30. The summed E-state index contributed by atoms with van der Waals surface area (Å²) in [5.74, 6) is 0.503. The molecule has 0 bridgehead atoms. The number of hydrogen-bond donors (Lipinski definition) is 1. The molecule has 0 spiro atoms. The highest BCUT2D eigenvalue weighted by Crippen LogP contribution is 2.17. The Morgan fingerprint density at radius 3 is 2.50 bits per heavy atom. The summed E-state index contributed by atoms with van der Waals surface area (Å²) in [4.78, 5) is 13.8. The molecule has 0 unspecified atom stereocenters. The second kappa shape index (κ2) is 6.96. The van der Waals surface area contributed by atoms with Gasteiger partial charge < -0.3 is 15.4 Å². The van der Waals surface area contributed by atoms with Gasteiger partial charge in [0.2, 0.25) is 0 Å². The second-order valence-electron chi connectivity index (χ2n) is 3.72. The lowest BCUT2D eigenvalue weighted by Crippen LogP contribution is -2.34. The van der Waals surface area contributed by atoms with Crippen LogP contribution in [0.5, 0.6) is 5.75 Å². The van der Waals surface area contributed by atoms with Gasteiger partial charge in [-0.2, -0.15) is 0 Å². The first kappa shape index (κ1) is 14.4. The third kappa shape index (κ3) is 3.70. The Balaban J connectivity index is 2.69. The van der Waals surface area contributed by atoms with E-state index in [1.165, 1.54) is 0 Å². The summed E-state index contributed by atoms with van der Waals surface area (Å²) in [5, 5.41) is 0. The van der Waals surface area contributed by atoms with Crippen LogP contribution >= 0.6 is 12.2 Å². The zero-order chi connectivity index (χ0) is 13.5. The predicted molar refractivity (Wildman–Crippen MR) is 75.8 cm³/mol. The maximum absolute atomic E-state index is 11.8. The normalized spacial score (nSPS) is 9.89. The third-order valence-corrected chi connectivity index (χ3v) is 2.84. The highest BCUT2D eigenvalue weighted by molar-refractivity contribution is 7.80. The molecule has 0 saturated heterocycles. The van der Waals surface area contributed by atoms with E-state index in [2.05, 4.69) is 0 Å². The summed E-state index contributed by atoms with van der Waals surface area (Å²) in [6.07, 6.45) is 0. The molecule has 5 heteroatoms. The first-order chi connectivity index (χ1) is 8.60. The fraction of sp³-hybridized carbons (Fsp3) is 0.385. The highest BCUT2D eigenvalue weighted by atomic mass is 32.1. The number of thiocarbonyl (C=S) groups is 1. The number of ether oxygens (including phenoxy) is 1. The van der Waals surface area contributed by atoms with Crippen LogP contribution in [0.15, 0.2) is 24.3 Å². The van der Waals surface area contributed by atoms with Crippen molar-refractivity contribution in [3.8, 4) is 5.75 Å². The van der Waals surface area contributed by atoms with Crippen molar-refractivity contribution in [2.24, 2.45) is 5.73 Å². The van der Waals surface area contributed by atoms with Crippen LogP contribution in [0.4, 0.5) is 0 Å². The van der Waals surface area contributed by atoms with E-state index >= 15 is 0 Å². The van der Waals surface area contributed by atoms with Crippen molar-refractivity contribution >= 4 is 23.1 Å². The van der Waals surface area contributed by atoms with E-state index in [-0.39, 0.29) is 17.5 Å². The summed E-state index contributed by atoms with van der Waals surface area (Å²) in [6.45, 7) is 5.22. The molecule has 1 amide bonds. The van der Waals surface area contributed by atoms with Crippen molar-refractivity contribution in [2.45, 2.75) is 13.8 Å². The lowest BCUT2D eigenvalue weighted by atomic mass is 10.2. The van der Waals surface area contributed by atoms with Gasteiger partial charge in [0.05, 0.1) is 5.56 Å². The zero-order valence-electron chi connectivity index (χ0n) is 10.7. The van der Waals surface area contributed by atoms with Crippen LogP contribution in [0.2, 0.25) is 0 Å². The minimum atomic E-state index is -0.0438. The molecule has 0 aromatic heterocycles. The maximum Gasteiger partial charge on any atom is 0.260 e. The number of hydrogen-bond acceptors (Lipinski definition) is 3. The van der Waals surface area contributed by atoms with Crippen molar-refractivity contribution in [3.63, 3.8) is 0 Å². The Hall–Kier alpha value is -1.62. The molecule has 0 aliphatic carbocycles. The van der Waals surface area contributed by atoms with E-state index in [0.717, 1.165) is 0 Å². The number of likely N-dealkylation sites (N-methyl/N-ethyl adjacent to an activating group) is 1. The minimum absolute atomic E-state index is 0.00130. The third-order valence-electron chi connectivity index (χ3n) is 2.62. The van der Waals surface area contributed by atoms with Crippen molar-refractivity contribution < 1.29 is 9.53 Å². The summed E-state index contributed by atoms with van der Waals surface area (Å²) >= 11 is 4.93. The van der Waals surface area contributed by atoms with E-state index in [1.54, 1.807) is 17.0 Å². The fourth-order valence-corrected chi connectivity index (χ4v) is 1.77. The molecule has 0 fully saturated rings. The van der Waals surface area contributed by atoms with Crippen LogP contribution in [-0.4, -0.2) is 35.5 Å². The minimum Gasteiger partial charge on any atom is -0.483 e. The summed E-state index contributed by atoms with van der Waals surface area (Å²) in [6, 6.07) is 7.18. The molecule has 0 saturated carbocycles. The van der Waals surface area contributed by atoms with E-state index in [4.69, 9.17) is 22.7 Å². The van der Waals surface area contributed by atoms with Crippen LogP contribution in [-0.2, 0) is 4.79 Å². The Morgan fingerprint density at radius 2 is 1.94 bits per heavy atom. The Kier molecular flexibility index (Phi) is 5.58. The molecule has 98 valence electrons. The molecular weight excluding hydrogens is 248 g/mol. The van der Waals surface area contributed by atoms with Gasteiger partial charge in [0.25, 0.3) is 5.91 Å². The maximum atomic E-state index is 11.8. The number of carbonyl (C=O) groups is 1. The monoisotopic (exact) mass is 266 g/mol. The van der Waals surface area contributed by atoms with Crippen molar-refractivity contribution in [3.05, 3.63) is 29.8 Å². The number of para-hydroxylation sites is 1. The molecule has 0 aliphatic heterocycles. The lowest BCUT2D eigenvalue weighted by molar-refractivity contribution is -0.132. The topological polar surface area (TPSA) is 55.6 Å². The van der Waals surface area contributed by atoms with Crippen LogP contribution in [0.25, 0.3) is 0 Å². The average Bonchev–Trinajstić information content (AvgIpc) is 2.38. The molecule has 2 N–H and O–H groups in total. The SMILES string of the molecule is CCN(CC)C(=O)COc1ccccc1C(N)=S. The average molecular weight is 266 g/mol. The highest BCUT2D eigenvalue weighted by Gasteiger charge is 2.12. The first-order valence-electron chi connectivity index (χ1n) is 5.89. The molecular formula is C13H18N2O2S. The number of nitrogens with zero attached hydrogens (tertiary/aromatic N) is 1. The molecule has 1 aromatic carbocycles. The van der Waals surface area contributed by atoms with Crippen molar-refractivity contribution in [2.75, 3.05) is 19.7 Å². The van der Waals surface area contributed by atoms with E-state index < -0.39 is 0 Å². The number of rotatable bonds is 6. The quantitative estimate of drug-likeness (QED) is 0.794. The second-order valence-corrected chi connectivity index (χ2v) is 4.15. The fourth-order valence-electron chi connectivity index (χ4n) is 1.60. The Bertz CT molecular complexity index is 431. The van der Waals surface area contributed by atoms with Gasteiger partial charge in [0.1, 0.15) is 10.7 Å². The van der Waals surface area contributed by atoms with Crippen molar-refractivity contribution in [1.82, 2.24) is 4.90 Å². The van der Waals surface area contributed by atoms with Crippen molar-refractivity contribution in [1.29, 1.82) is 0 Å². The molecule has 18 heavy (non-hydrogen) atoms. The van der Waals surface area contributed by atoms with Crippen LogP contribution in [0.1, 0.15) is 19.4 Å². The molecule has 1 rings (SSSR count). The van der Waals surface area contributed by atoms with Gasteiger partial charge in [-0.1, -0.05) is 24.4 Å². The van der Waals surface area contributed by atoms with Crippen LogP contribution < -0.4 is 10.5 Å². The largest absolute Gasteiger partial charge is 0.483 e. The summed E-state index contributed by atoms with van der Waals surface area (Å²) in [7, 11) is 0. The molecule has 4 nitrogen and oxygen atoms in total.